The lowest BCUT2D eigenvalue weighted by atomic mass is 10.0. The summed E-state index contributed by atoms with van der Waals surface area (Å²) >= 11 is 0. The van der Waals surface area contributed by atoms with E-state index in [4.69, 9.17) is 5.73 Å². The molecule has 0 saturated heterocycles. The van der Waals surface area contributed by atoms with Crippen LogP contribution in [0.1, 0.15) is 21.5 Å². The highest BCUT2D eigenvalue weighted by Gasteiger charge is 2.21. The summed E-state index contributed by atoms with van der Waals surface area (Å²) in [6.45, 7) is 1.90. The van der Waals surface area contributed by atoms with Crippen LogP contribution in [-0.4, -0.2) is 22.8 Å². The zero-order valence-electron chi connectivity index (χ0n) is 13.1. The van der Waals surface area contributed by atoms with Crippen LogP contribution in [0.2, 0.25) is 0 Å². The van der Waals surface area contributed by atoms with Crippen LogP contribution in [-0.2, 0) is 11.2 Å². The number of nitrogens with zero attached hydrogens (tertiary/aromatic N) is 1. The van der Waals surface area contributed by atoms with Gasteiger partial charge >= 0.3 is 0 Å². The molecule has 0 radical (unpaired) electrons. The third-order valence-electron chi connectivity index (χ3n) is 3.65. The topological polar surface area (TPSA) is 115 Å². The second kappa shape index (κ2) is 7.36. The fraction of sp³-hybridized carbons (Fsp3) is 0.176. The Hall–Kier alpha value is -3.22. The Morgan fingerprint density at radius 2 is 1.92 bits per heavy atom. The van der Waals surface area contributed by atoms with Gasteiger partial charge in [0.2, 0.25) is 5.91 Å². The predicted octanol–water partition coefficient (Wildman–Crippen LogP) is 1.73. The zero-order chi connectivity index (χ0) is 17.7. The van der Waals surface area contributed by atoms with Crippen LogP contribution >= 0.6 is 0 Å². The molecule has 24 heavy (non-hydrogen) atoms. The number of non-ortho nitro benzene ring substituents is 1. The smallest absolute Gasteiger partial charge is 0.270 e. The summed E-state index contributed by atoms with van der Waals surface area (Å²) in [6, 6.07) is 11.8. The van der Waals surface area contributed by atoms with E-state index < -0.39 is 22.8 Å². The highest BCUT2D eigenvalue weighted by molar-refractivity contribution is 5.97. The number of nitro groups is 1. The molecule has 0 aliphatic carbocycles. The van der Waals surface area contributed by atoms with E-state index in [9.17, 15) is 19.7 Å². The summed E-state index contributed by atoms with van der Waals surface area (Å²) in [5.74, 6) is -1.26. The van der Waals surface area contributed by atoms with E-state index in [0.717, 1.165) is 17.2 Å². The number of rotatable bonds is 6. The van der Waals surface area contributed by atoms with Gasteiger partial charge in [-0.2, -0.15) is 0 Å². The molecule has 0 saturated carbocycles. The molecule has 2 amide bonds. The summed E-state index contributed by atoms with van der Waals surface area (Å²) in [4.78, 5) is 34.1. The Morgan fingerprint density at radius 1 is 1.21 bits per heavy atom. The number of nitrogens with one attached hydrogen (secondary N) is 1. The number of benzene rings is 2. The van der Waals surface area contributed by atoms with Crippen molar-refractivity contribution in [3.8, 4) is 0 Å². The number of nitrogens with two attached hydrogens (primary N) is 1. The van der Waals surface area contributed by atoms with E-state index in [1.54, 1.807) is 0 Å². The number of amides is 2. The minimum Gasteiger partial charge on any atom is -0.368 e. The Bertz CT molecular complexity index is 789. The van der Waals surface area contributed by atoms with Crippen molar-refractivity contribution in [2.45, 2.75) is 19.4 Å². The Kier molecular flexibility index (Phi) is 5.26. The SMILES string of the molecule is Cc1ccccc1C[C@H](NC(=O)c1cccc([N+](=O)[O-])c1)C(N)=O. The molecule has 124 valence electrons. The molecule has 2 rings (SSSR count). The molecule has 0 spiro atoms. The van der Waals surface area contributed by atoms with E-state index in [2.05, 4.69) is 5.32 Å². The van der Waals surface area contributed by atoms with Gasteiger partial charge in [0.15, 0.2) is 0 Å². The average Bonchev–Trinajstić information content (AvgIpc) is 2.56. The molecule has 2 aromatic rings. The van der Waals surface area contributed by atoms with Crippen LogP contribution in [0.4, 0.5) is 5.69 Å². The molecule has 0 heterocycles. The third kappa shape index (κ3) is 4.16. The lowest BCUT2D eigenvalue weighted by molar-refractivity contribution is -0.384. The van der Waals surface area contributed by atoms with Gasteiger partial charge in [0, 0.05) is 24.1 Å². The maximum atomic E-state index is 12.3. The average molecular weight is 327 g/mol. The molecule has 0 bridgehead atoms. The first-order chi connectivity index (χ1) is 11.4. The predicted molar refractivity (Wildman–Crippen MR) is 88.4 cm³/mol. The minimum atomic E-state index is -0.905. The van der Waals surface area contributed by atoms with Crippen molar-refractivity contribution >= 4 is 17.5 Å². The van der Waals surface area contributed by atoms with E-state index in [0.29, 0.717) is 0 Å². The van der Waals surface area contributed by atoms with Gasteiger partial charge in [-0.3, -0.25) is 19.7 Å². The second-order valence-electron chi connectivity index (χ2n) is 5.37. The van der Waals surface area contributed by atoms with Crippen LogP contribution < -0.4 is 11.1 Å². The van der Waals surface area contributed by atoms with Gasteiger partial charge in [-0.25, -0.2) is 0 Å². The van der Waals surface area contributed by atoms with E-state index >= 15 is 0 Å². The van der Waals surface area contributed by atoms with Crippen molar-refractivity contribution in [3.63, 3.8) is 0 Å². The van der Waals surface area contributed by atoms with Crippen molar-refractivity contribution in [1.82, 2.24) is 5.32 Å². The van der Waals surface area contributed by atoms with Gasteiger partial charge in [-0.05, 0) is 24.1 Å². The lowest BCUT2D eigenvalue weighted by Crippen LogP contribution is -2.46. The normalized spacial score (nSPS) is 11.5. The van der Waals surface area contributed by atoms with Crippen LogP contribution in [0.25, 0.3) is 0 Å². The number of carbonyl (C=O) groups excluding carboxylic acids is 2. The largest absolute Gasteiger partial charge is 0.368 e. The van der Waals surface area contributed by atoms with Gasteiger partial charge in [-0.1, -0.05) is 30.3 Å². The number of primary amides is 1. The van der Waals surface area contributed by atoms with Crippen LogP contribution in [0.5, 0.6) is 0 Å². The van der Waals surface area contributed by atoms with E-state index in [1.165, 1.54) is 18.2 Å². The van der Waals surface area contributed by atoms with Crippen LogP contribution in [0, 0.1) is 17.0 Å². The highest BCUT2D eigenvalue weighted by Crippen LogP contribution is 2.14. The molecular formula is C17H17N3O4. The van der Waals surface area contributed by atoms with Gasteiger partial charge in [-0.15, -0.1) is 0 Å². The highest BCUT2D eigenvalue weighted by atomic mass is 16.6. The molecule has 1 atom stereocenters. The van der Waals surface area contributed by atoms with Crippen molar-refractivity contribution in [3.05, 3.63) is 75.3 Å². The molecule has 0 aliphatic heterocycles. The van der Waals surface area contributed by atoms with Crippen molar-refractivity contribution in [2.24, 2.45) is 5.73 Å². The van der Waals surface area contributed by atoms with Gasteiger partial charge in [0.25, 0.3) is 11.6 Å². The number of hydrogen-bond acceptors (Lipinski definition) is 4. The molecule has 7 nitrogen and oxygen atoms in total. The summed E-state index contributed by atoms with van der Waals surface area (Å²) in [7, 11) is 0. The second-order valence-corrected chi connectivity index (χ2v) is 5.37. The van der Waals surface area contributed by atoms with Gasteiger partial charge < -0.3 is 11.1 Å². The molecule has 7 heteroatoms. The van der Waals surface area contributed by atoms with Gasteiger partial charge in [0.05, 0.1) is 4.92 Å². The molecule has 0 unspecified atom stereocenters. The fourth-order valence-electron chi connectivity index (χ4n) is 2.28. The molecular weight excluding hydrogens is 310 g/mol. The minimum absolute atomic E-state index is 0.0974. The summed E-state index contributed by atoms with van der Waals surface area (Å²) in [6.07, 6.45) is 0.253. The van der Waals surface area contributed by atoms with Crippen LogP contribution in [0.3, 0.4) is 0 Å². The molecule has 0 fully saturated rings. The zero-order valence-corrected chi connectivity index (χ0v) is 13.1. The summed E-state index contributed by atoms with van der Waals surface area (Å²) in [5.41, 5.74) is 7.15. The summed E-state index contributed by atoms with van der Waals surface area (Å²) in [5, 5.41) is 13.3. The Labute approximate surface area is 138 Å². The quantitative estimate of drug-likeness (QED) is 0.621. The monoisotopic (exact) mass is 327 g/mol. The van der Waals surface area contributed by atoms with E-state index in [1.807, 2.05) is 31.2 Å². The summed E-state index contributed by atoms with van der Waals surface area (Å²) < 4.78 is 0. The molecule has 2 aromatic carbocycles. The van der Waals surface area contributed by atoms with E-state index in [-0.39, 0.29) is 17.7 Å². The molecule has 3 N–H and O–H groups in total. The number of aryl methyl sites for hydroxylation is 1. The first-order valence-electron chi connectivity index (χ1n) is 7.27. The van der Waals surface area contributed by atoms with Crippen molar-refractivity contribution in [2.75, 3.05) is 0 Å². The first-order valence-corrected chi connectivity index (χ1v) is 7.27. The number of hydrogen-bond donors (Lipinski definition) is 2. The maximum Gasteiger partial charge on any atom is 0.270 e. The maximum absolute atomic E-state index is 12.3. The molecule has 0 aromatic heterocycles. The standard InChI is InChI=1S/C17H17N3O4/c1-11-5-2-3-6-12(11)10-15(16(18)21)19-17(22)13-7-4-8-14(9-13)20(23)24/h2-9,15H,10H2,1H3,(H2,18,21)(H,19,22)/t15-/m0/s1. The number of carbonyl (C=O) groups is 2. The van der Waals surface area contributed by atoms with Crippen LogP contribution in [0.15, 0.2) is 48.5 Å². The first kappa shape index (κ1) is 17.1. The van der Waals surface area contributed by atoms with Crippen molar-refractivity contribution < 1.29 is 14.5 Å². The van der Waals surface area contributed by atoms with Crippen molar-refractivity contribution in [1.29, 1.82) is 0 Å². The van der Waals surface area contributed by atoms with Gasteiger partial charge in [0.1, 0.15) is 6.04 Å². The lowest BCUT2D eigenvalue weighted by Gasteiger charge is -2.16. The molecule has 0 aliphatic rings. The Morgan fingerprint density at radius 3 is 2.54 bits per heavy atom. The fourth-order valence-corrected chi connectivity index (χ4v) is 2.28. The third-order valence-corrected chi connectivity index (χ3v) is 3.65. The number of nitro benzene ring substituents is 1. The Balaban J connectivity index is 2.17.